The molecule has 2 amide bonds. The highest BCUT2D eigenvalue weighted by Crippen LogP contribution is 2.22. The molecule has 0 aliphatic carbocycles. The van der Waals surface area contributed by atoms with Gasteiger partial charge in [-0.05, 0) is 37.1 Å². The predicted molar refractivity (Wildman–Crippen MR) is 108 cm³/mol. The Kier molecular flexibility index (Phi) is 5.37. The van der Waals surface area contributed by atoms with Gasteiger partial charge >= 0.3 is 0 Å². The number of aryl methyl sites for hydroxylation is 2. The van der Waals surface area contributed by atoms with Gasteiger partial charge in [-0.1, -0.05) is 6.07 Å². The number of hydrogen-bond acceptors (Lipinski definition) is 4. The minimum Gasteiger partial charge on any atom is -0.378 e. The van der Waals surface area contributed by atoms with E-state index in [2.05, 4.69) is 35.9 Å². The number of benzene rings is 1. The van der Waals surface area contributed by atoms with Crippen LogP contribution in [0.5, 0.6) is 0 Å². The van der Waals surface area contributed by atoms with Crippen molar-refractivity contribution in [1.82, 2.24) is 19.7 Å². The van der Waals surface area contributed by atoms with Gasteiger partial charge in [0.1, 0.15) is 5.69 Å². The fourth-order valence-electron chi connectivity index (χ4n) is 4.10. The highest BCUT2D eigenvalue weighted by Gasteiger charge is 2.26. The van der Waals surface area contributed by atoms with Crippen molar-refractivity contribution >= 4 is 22.7 Å². The van der Waals surface area contributed by atoms with Crippen molar-refractivity contribution in [2.75, 3.05) is 59.0 Å². The molecule has 2 aliphatic heterocycles. The number of amides is 2. The molecule has 7 nitrogen and oxygen atoms in total. The number of fused-ring (bicyclic) bond motifs is 1. The molecule has 0 bridgehead atoms. The fraction of sp³-hybridized carbons (Fsp3) is 0.524. The first-order chi connectivity index (χ1) is 13.5. The number of rotatable bonds is 3. The lowest BCUT2D eigenvalue weighted by atomic mass is 10.1. The molecule has 0 spiro atoms. The van der Waals surface area contributed by atoms with Crippen molar-refractivity contribution in [3.63, 3.8) is 0 Å². The van der Waals surface area contributed by atoms with Crippen molar-refractivity contribution in [3.05, 3.63) is 35.0 Å². The Morgan fingerprint density at radius 1 is 0.964 bits per heavy atom. The second kappa shape index (κ2) is 7.93. The van der Waals surface area contributed by atoms with Gasteiger partial charge < -0.3 is 19.5 Å². The van der Waals surface area contributed by atoms with E-state index in [4.69, 9.17) is 4.74 Å². The van der Waals surface area contributed by atoms with E-state index in [1.54, 1.807) is 0 Å². The number of hydrogen-bond donors (Lipinski definition) is 1. The first-order valence-corrected chi connectivity index (χ1v) is 9.98. The Labute approximate surface area is 165 Å². The smallest absolute Gasteiger partial charge is 0.270 e. The zero-order valence-electron chi connectivity index (χ0n) is 16.7. The van der Waals surface area contributed by atoms with Crippen molar-refractivity contribution in [1.29, 1.82) is 0 Å². The molecule has 2 aliphatic rings. The van der Waals surface area contributed by atoms with Crippen molar-refractivity contribution in [2.24, 2.45) is 0 Å². The van der Waals surface area contributed by atoms with Crippen LogP contribution in [0.4, 0.5) is 0 Å². The SMILES string of the molecule is Cc1cc(C)c2cc(C(=O)N3CCN(CC(=O)N4CCOCC4)CC3)[nH]c2c1. The van der Waals surface area contributed by atoms with Crippen molar-refractivity contribution in [2.45, 2.75) is 13.8 Å². The van der Waals surface area contributed by atoms with E-state index in [-0.39, 0.29) is 11.8 Å². The van der Waals surface area contributed by atoms with E-state index < -0.39 is 0 Å². The third-order valence-corrected chi connectivity index (χ3v) is 5.70. The number of nitrogens with one attached hydrogen (secondary N) is 1. The number of nitrogens with zero attached hydrogens (tertiary/aromatic N) is 3. The number of aromatic nitrogens is 1. The van der Waals surface area contributed by atoms with Crippen molar-refractivity contribution in [3.8, 4) is 0 Å². The van der Waals surface area contributed by atoms with E-state index in [1.807, 2.05) is 15.9 Å². The van der Waals surface area contributed by atoms with Crippen molar-refractivity contribution < 1.29 is 14.3 Å². The second-order valence-corrected chi connectivity index (χ2v) is 7.79. The first kappa shape index (κ1) is 19.0. The fourth-order valence-corrected chi connectivity index (χ4v) is 4.10. The maximum atomic E-state index is 12.9. The number of carbonyl (C=O) groups excluding carboxylic acids is 2. The summed E-state index contributed by atoms with van der Waals surface area (Å²) in [5.41, 5.74) is 4.01. The molecule has 1 N–H and O–H groups in total. The summed E-state index contributed by atoms with van der Waals surface area (Å²) in [5.74, 6) is 0.192. The lowest BCUT2D eigenvalue weighted by molar-refractivity contribution is -0.136. The van der Waals surface area contributed by atoms with Crippen LogP contribution in [0, 0.1) is 13.8 Å². The average Bonchev–Trinajstić information content (AvgIpc) is 3.13. The molecule has 7 heteroatoms. The zero-order valence-corrected chi connectivity index (χ0v) is 16.7. The molecule has 2 fully saturated rings. The number of H-pyrrole nitrogens is 1. The van der Waals surface area contributed by atoms with Crippen LogP contribution in [0.15, 0.2) is 18.2 Å². The number of piperazine rings is 1. The van der Waals surface area contributed by atoms with E-state index in [0.717, 1.165) is 24.0 Å². The molecule has 1 aromatic carbocycles. The van der Waals surface area contributed by atoms with Crippen LogP contribution < -0.4 is 0 Å². The number of carbonyl (C=O) groups is 2. The Balaban J connectivity index is 1.35. The lowest BCUT2D eigenvalue weighted by Crippen LogP contribution is -2.52. The maximum absolute atomic E-state index is 12.9. The summed E-state index contributed by atoms with van der Waals surface area (Å²) in [4.78, 5) is 34.5. The molecule has 2 aromatic rings. The summed E-state index contributed by atoms with van der Waals surface area (Å²) >= 11 is 0. The number of aromatic amines is 1. The summed E-state index contributed by atoms with van der Waals surface area (Å²) in [7, 11) is 0. The number of ether oxygens (including phenoxy) is 1. The highest BCUT2D eigenvalue weighted by atomic mass is 16.5. The molecule has 0 atom stereocenters. The van der Waals surface area contributed by atoms with Crippen LogP contribution >= 0.6 is 0 Å². The quantitative estimate of drug-likeness (QED) is 0.869. The Bertz CT molecular complexity index is 877. The normalized spacial score (nSPS) is 18.6. The molecule has 4 rings (SSSR count). The van der Waals surface area contributed by atoms with Gasteiger partial charge in [-0.3, -0.25) is 14.5 Å². The van der Waals surface area contributed by atoms with Crippen LogP contribution in [0.25, 0.3) is 10.9 Å². The molecule has 2 saturated heterocycles. The second-order valence-electron chi connectivity index (χ2n) is 7.79. The van der Waals surface area contributed by atoms with Gasteiger partial charge in [0.15, 0.2) is 0 Å². The van der Waals surface area contributed by atoms with Gasteiger partial charge in [0.2, 0.25) is 5.91 Å². The molecule has 0 radical (unpaired) electrons. The molecule has 0 unspecified atom stereocenters. The molecular formula is C21H28N4O3. The van der Waals surface area contributed by atoms with Gasteiger partial charge in [-0.15, -0.1) is 0 Å². The Morgan fingerprint density at radius 2 is 1.68 bits per heavy atom. The van der Waals surface area contributed by atoms with Crippen LogP contribution in [-0.2, 0) is 9.53 Å². The minimum absolute atomic E-state index is 0.0346. The van der Waals surface area contributed by atoms with E-state index >= 15 is 0 Å². The van der Waals surface area contributed by atoms with E-state index in [0.29, 0.717) is 51.6 Å². The summed E-state index contributed by atoms with van der Waals surface area (Å²) < 4.78 is 5.30. The first-order valence-electron chi connectivity index (χ1n) is 9.98. The lowest BCUT2D eigenvalue weighted by Gasteiger charge is -2.35. The standard InChI is InChI=1S/C21H28N4O3/c1-15-11-16(2)17-13-19(22-18(17)12-15)21(27)25-5-3-23(4-6-25)14-20(26)24-7-9-28-10-8-24/h11-13,22H,3-10,14H2,1-2H3. The molecule has 28 heavy (non-hydrogen) atoms. The van der Waals surface area contributed by atoms with E-state index in [9.17, 15) is 9.59 Å². The summed E-state index contributed by atoms with van der Waals surface area (Å²) in [6.45, 7) is 9.88. The van der Waals surface area contributed by atoms with Gasteiger partial charge in [0.05, 0.1) is 19.8 Å². The minimum atomic E-state index is 0.0346. The Morgan fingerprint density at radius 3 is 2.39 bits per heavy atom. The van der Waals surface area contributed by atoms with Gasteiger partial charge in [-0.2, -0.15) is 0 Å². The zero-order chi connectivity index (χ0) is 19.7. The summed E-state index contributed by atoms with van der Waals surface area (Å²) in [5, 5.41) is 1.10. The maximum Gasteiger partial charge on any atom is 0.270 e. The largest absolute Gasteiger partial charge is 0.378 e. The third-order valence-electron chi connectivity index (χ3n) is 5.70. The summed E-state index contributed by atoms with van der Waals surface area (Å²) in [6, 6.07) is 6.17. The van der Waals surface area contributed by atoms with Crippen LogP contribution in [0.2, 0.25) is 0 Å². The predicted octanol–water partition coefficient (Wildman–Crippen LogP) is 1.40. The van der Waals surface area contributed by atoms with E-state index in [1.165, 1.54) is 11.1 Å². The van der Waals surface area contributed by atoms with Gasteiger partial charge in [0, 0.05) is 50.2 Å². The van der Waals surface area contributed by atoms with Crippen LogP contribution in [0.1, 0.15) is 21.6 Å². The van der Waals surface area contributed by atoms with Crippen LogP contribution in [0.3, 0.4) is 0 Å². The van der Waals surface area contributed by atoms with Gasteiger partial charge in [0.25, 0.3) is 5.91 Å². The molecule has 0 saturated carbocycles. The molecular weight excluding hydrogens is 356 g/mol. The Hall–Kier alpha value is -2.38. The van der Waals surface area contributed by atoms with Gasteiger partial charge in [-0.25, -0.2) is 0 Å². The molecule has 1 aromatic heterocycles. The number of morpholine rings is 1. The molecule has 150 valence electrons. The molecule has 3 heterocycles. The van der Waals surface area contributed by atoms with Crippen LogP contribution in [-0.4, -0.2) is 90.5 Å². The third kappa shape index (κ3) is 3.91. The highest BCUT2D eigenvalue weighted by molar-refractivity contribution is 5.99. The average molecular weight is 384 g/mol. The summed E-state index contributed by atoms with van der Waals surface area (Å²) in [6.07, 6.45) is 0. The monoisotopic (exact) mass is 384 g/mol. The topological polar surface area (TPSA) is 68.9 Å².